The number of para-hydroxylation sites is 2. The van der Waals surface area contributed by atoms with E-state index in [-0.39, 0.29) is 17.8 Å². The highest BCUT2D eigenvalue weighted by Gasteiger charge is 2.51. The van der Waals surface area contributed by atoms with E-state index >= 15 is 0 Å². The average Bonchev–Trinajstić information content (AvgIpc) is 2.75. The minimum atomic E-state index is -0.828. The van der Waals surface area contributed by atoms with Crippen molar-refractivity contribution in [3.8, 4) is 11.5 Å². The quantitative estimate of drug-likeness (QED) is 0.787. The Balaban J connectivity index is 2.23. The molecule has 0 saturated heterocycles. The molecule has 4 nitrogen and oxygen atoms in total. The second-order valence-electron chi connectivity index (χ2n) is 5.73. The molecule has 0 fully saturated rings. The summed E-state index contributed by atoms with van der Waals surface area (Å²) in [6, 6.07) is 7.56. The van der Waals surface area contributed by atoms with E-state index in [1.807, 2.05) is 45.0 Å². The first-order chi connectivity index (χ1) is 8.88. The molecule has 1 aliphatic rings. The molecule has 0 atom stereocenters. The summed E-state index contributed by atoms with van der Waals surface area (Å²) in [4.78, 5) is 11.4. The number of esters is 1. The summed E-state index contributed by atoms with van der Waals surface area (Å²) in [5, 5.41) is 0. The van der Waals surface area contributed by atoms with Gasteiger partial charge in [-0.1, -0.05) is 32.9 Å². The van der Waals surface area contributed by atoms with Crippen LogP contribution in [0.1, 0.15) is 33.6 Å². The van der Waals surface area contributed by atoms with E-state index in [0.717, 1.165) is 11.5 Å². The standard InChI is InChI=1S/C15H20O4/c1-14(2,3)15(10-9-13(16)17-4)18-11-7-5-6-8-12(11)19-15/h5-8H,9-10H2,1-4H3. The average molecular weight is 264 g/mol. The Hall–Kier alpha value is -1.71. The number of ether oxygens (including phenoxy) is 3. The molecule has 1 aromatic carbocycles. The first kappa shape index (κ1) is 13.7. The third-order valence-electron chi connectivity index (χ3n) is 3.43. The Labute approximate surface area is 113 Å². The van der Waals surface area contributed by atoms with Crippen molar-refractivity contribution in [2.24, 2.45) is 5.41 Å². The molecule has 0 bridgehead atoms. The van der Waals surface area contributed by atoms with Crippen molar-refractivity contribution >= 4 is 5.97 Å². The molecule has 1 heterocycles. The van der Waals surface area contributed by atoms with Crippen molar-refractivity contribution < 1.29 is 19.0 Å². The maximum atomic E-state index is 11.4. The molecular formula is C15H20O4. The predicted molar refractivity (Wildman–Crippen MR) is 71.1 cm³/mol. The number of carbonyl (C=O) groups excluding carboxylic acids is 1. The Kier molecular flexibility index (Phi) is 3.43. The van der Waals surface area contributed by atoms with Crippen LogP contribution >= 0.6 is 0 Å². The van der Waals surface area contributed by atoms with Gasteiger partial charge < -0.3 is 14.2 Å². The first-order valence-electron chi connectivity index (χ1n) is 6.42. The van der Waals surface area contributed by atoms with Crippen LogP contribution in [0.4, 0.5) is 0 Å². The van der Waals surface area contributed by atoms with E-state index in [9.17, 15) is 4.79 Å². The van der Waals surface area contributed by atoms with Gasteiger partial charge in [-0.15, -0.1) is 0 Å². The topological polar surface area (TPSA) is 44.8 Å². The van der Waals surface area contributed by atoms with Gasteiger partial charge >= 0.3 is 5.97 Å². The third-order valence-corrected chi connectivity index (χ3v) is 3.43. The number of carbonyl (C=O) groups is 1. The van der Waals surface area contributed by atoms with Crippen LogP contribution in [0.15, 0.2) is 24.3 Å². The van der Waals surface area contributed by atoms with Crippen LogP contribution in [-0.4, -0.2) is 18.9 Å². The van der Waals surface area contributed by atoms with E-state index < -0.39 is 5.79 Å². The lowest BCUT2D eigenvalue weighted by atomic mass is 9.82. The van der Waals surface area contributed by atoms with Crippen molar-refractivity contribution in [3.05, 3.63) is 24.3 Å². The number of hydrogen-bond donors (Lipinski definition) is 0. The summed E-state index contributed by atoms with van der Waals surface area (Å²) in [5.41, 5.74) is -0.264. The molecule has 1 aliphatic heterocycles. The van der Waals surface area contributed by atoms with Crippen LogP contribution in [0.5, 0.6) is 11.5 Å². The van der Waals surface area contributed by atoms with E-state index in [2.05, 4.69) is 0 Å². The van der Waals surface area contributed by atoms with E-state index in [1.54, 1.807) is 0 Å². The van der Waals surface area contributed by atoms with Crippen molar-refractivity contribution in [2.75, 3.05) is 7.11 Å². The Morgan fingerprint density at radius 2 is 1.74 bits per heavy atom. The highest BCUT2D eigenvalue weighted by atomic mass is 16.7. The van der Waals surface area contributed by atoms with E-state index in [0.29, 0.717) is 6.42 Å². The van der Waals surface area contributed by atoms with Gasteiger partial charge in [0.05, 0.1) is 13.5 Å². The fraction of sp³-hybridized carbons (Fsp3) is 0.533. The zero-order valence-corrected chi connectivity index (χ0v) is 11.9. The minimum Gasteiger partial charge on any atom is -0.469 e. The predicted octanol–water partition coefficient (Wildman–Crippen LogP) is 3.15. The molecule has 0 amide bonds. The molecule has 4 heteroatoms. The van der Waals surface area contributed by atoms with Gasteiger partial charge in [0, 0.05) is 11.8 Å². The zero-order chi connectivity index (χ0) is 14.1. The smallest absolute Gasteiger partial charge is 0.305 e. The van der Waals surface area contributed by atoms with Crippen molar-refractivity contribution in [2.45, 2.75) is 39.4 Å². The molecule has 0 spiro atoms. The molecular weight excluding hydrogens is 244 g/mol. The van der Waals surface area contributed by atoms with Gasteiger partial charge in [-0.05, 0) is 12.1 Å². The van der Waals surface area contributed by atoms with Crippen LogP contribution in [0.25, 0.3) is 0 Å². The molecule has 1 aromatic rings. The fourth-order valence-electron chi connectivity index (χ4n) is 2.15. The van der Waals surface area contributed by atoms with Gasteiger partial charge in [-0.3, -0.25) is 4.79 Å². The molecule has 0 saturated carbocycles. The lowest BCUT2D eigenvalue weighted by molar-refractivity contribution is -0.171. The van der Waals surface area contributed by atoms with Gasteiger partial charge in [0.2, 0.25) is 0 Å². The second-order valence-corrected chi connectivity index (χ2v) is 5.73. The highest BCUT2D eigenvalue weighted by Crippen LogP contribution is 2.48. The molecule has 0 unspecified atom stereocenters. The first-order valence-corrected chi connectivity index (χ1v) is 6.42. The van der Waals surface area contributed by atoms with Crippen molar-refractivity contribution in [3.63, 3.8) is 0 Å². The van der Waals surface area contributed by atoms with E-state index in [1.165, 1.54) is 7.11 Å². The number of benzene rings is 1. The molecule has 0 N–H and O–H groups in total. The summed E-state index contributed by atoms with van der Waals surface area (Å²) >= 11 is 0. The summed E-state index contributed by atoms with van der Waals surface area (Å²) < 4.78 is 16.7. The maximum absolute atomic E-state index is 11.4. The fourth-order valence-corrected chi connectivity index (χ4v) is 2.15. The Bertz CT molecular complexity index is 448. The largest absolute Gasteiger partial charge is 0.469 e. The van der Waals surface area contributed by atoms with Crippen molar-refractivity contribution in [1.82, 2.24) is 0 Å². The normalized spacial score (nSPS) is 16.2. The third kappa shape index (κ3) is 2.53. The molecule has 0 radical (unpaired) electrons. The lowest BCUT2D eigenvalue weighted by Gasteiger charge is -2.39. The molecule has 2 rings (SSSR count). The molecule has 0 aromatic heterocycles. The van der Waals surface area contributed by atoms with Crippen molar-refractivity contribution in [1.29, 1.82) is 0 Å². The zero-order valence-electron chi connectivity index (χ0n) is 11.9. The number of methoxy groups -OCH3 is 1. The van der Waals surface area contributed by atoms with Gasteiger partial charge in [0.25, 0.3) is 5.79 Å². The van der Waals surface area contributed by atoms with Crippen LogP contribution in [0.3, 0.4) is 0 Å². The van der Waals surface area contributed by atoms with E-state index in [4.69, 9.17) is 14.2 Å². The van der Waals surface area contributed by atoms with Crippen LogP contribution in [0.2, 0.25) is 0 Å². The number of fused-ring (bicyclic) bond motifs is 1. The maximum Gasteiger partial charge on any atom is 0.305 e. The highest BCUT2D eigenvalue weighted by molar-refractivity contribution is 5.69. The Morgan fingerprint density at radius 1 is 1.21 bits per heavy atom. The van der Waals surface area contributed by atoms with Gasteiger partial charge in [-0.25, -0.2) is 0 Å². The van der Waals surface area contributed by atoms with Crippen LogP contribution in [-0.2, 0) is 9.53 Å². The van der Waals surface area contributed by atoms with Gasteiger partial charge in [0.15, 0.2) is 11.5 Å². The Morgan fingerprint density at radius 3 is 2.16 bits per heavy atom. The van der Waals surface area contributed by atoms with Crippen LogP contribution < -0.4 is 9.47 Å². The SMILES string of the molecule is COC(=O)CCC1(C(C)(C)C)Oc2ccccc2O1. The molecule has 104 valence electrons. The lowest BCUT2D eigenvalue weighted by Crippen LogP contribution is -2.50. The monoisotopic (exact) mass is 264 g/mol. The van der Waals surface area contributed by atoms with Gasteiger partial charge in [-0.2, -0.15) is 0 Å². The van der Waals surface area contributed by atoms with Crippen LogP contribution in [0, 0.1) is 5.41 Å². The number of rotatable bonds is 3. The number of hydrogen-bond acceptors (Lipinski definition) is 4. The summed E-state index contributed by atoms with van der Waals surface area (Å²) in [6.07, 6.45) is 0.722. The minimum absolute atomic E-state index is 0.258. The summed E-state index contributed by atoms with van der Waals surface area (Å²) in [7, 11) is 1.39. The summed E-state index contributed by atoms with van der Waals surface area (Å²) in [6.45, 7) is 6.11. The summed E-state index contributed by atoms with van der Waals surface area (Å²) in [5.74, 6) is 0.363. The molecule has 19 heavy (non-hydrogen) atoms. The van der Waals surface area contributed by atoms with Gasteiger partial charge in [0.1, 0.15) is 0 Å². The molecule has 0 aliphatic carbocycles. The second kappa shape index (κ2) is 4.76.